The highest BCUT2D eigenvalue weighted by Crippen LogP contribution is 2.23. The first-order valence-electron chi connectivity index (χ1n) is 7.34. The van der Waals surface area contributed by atoms with Crippen LogP contribution < -0.4 is 5.32 Å². The average Bonchev–Trinajstić information content (AvgIpc) is 2.92. The van der Waals surface area contributed by atoms with Crippen LogP contribution in [0, 0.1) is 0 Å². The monoisotopic (exact) mass is 244 g/mol. The largest absolute Gasteiger partial charge is 0.315 e. The Morgan fingerprint density at radius 3 is 2.83 bits per heavy atom. The fraction of sp³-hybridized carbons (Fsp3) is 0.625. The molecule has 18 heavy (non-hydrogen) atoms. The van der Waals surface area contributed by atoms with E-state index in [0.717, 1.165) is 19.1 Å². The normalized spacial score (nSPS) is 23.3. The van der Waals surface area contributed by atoms with Crippen LogP contribution in [0.5, 0.6) is 0 Å². The topological polar surface area (TPSA) is 15.3 Å². The Morgan fingerprint density at radius 2 is 2.06 bits per heavy atom. The average molecular weight is 244 g/mol. The number of likely N-dealkylation sites (N-methyl/N-ethyl adjacent to an activating group) is 1. The zero-order valence-corrected chi connectivity index (χ0v) is 11.4. The number of nitrogens with one attached hydrogen (secondary N) is 1. The Balaban J connectivity index is 1.68. The number of nitrogens with zero attached hydrogens (tertiary/aromatic N) is 1. The lowest BCUT2D eigenvalue weighted by Crippen LogP contribution is -2.32. The van der Waals surface area contributed by atoms with Crippen molar-refractivity contribution in [3.05, 3.63) is 34.9 Å². The third-order valence-electron chi connectivity index (χ3n) is 4.50. The molecule has 1 N–H and O–H groups in total. The predicted molar refractivity (Wildman–Crippen MR) is 75.8 cm³/mol. The van der Waals surface area contributed by atoms with Crippen LogP contribution >= 0.6 is 0 Å². The summed E-state index contributed by atoms with van der Waals surface area (Å²) in [5, 5.41) is 3.45. The molecule has 1 aliphatic carbocycles. The fourth-order valence-electron chi connectivity index (χ4n) is 3.32. The molecule has 2 nitrogen and oxygen atoms in total. The van der Waals surface area contributed by atoms with Crippen LogP contribution in [0.25, 0.3) is 0 Å². The van der Waals surface area contributed by atoms with Crippen LogP contribution in [0.15, 0.2) is 18.2 Å². The van der Waals surface area contributed by atoms with Gasteiger partial charge in [0.25, 0.3) is 0 Å². The summed E-state index contributed by atoms with van der Waals surface area (Å²) in [4.78, 5) is 2.50. The first kappa shape index (κ1) is 12.2. The number of rotatable bonds is 3. The van der Waals surface area contributed by atoms with Crippen molar-refractivity contribution in [2.75, 3.05) is 20.1 Å². The molecular weight excluding hydrogens is 220 g/mol. The van der Waals surface area contributed by atoms with Crippen molar-refractivity contribution < 1.29 is 0 Å². The Morgan fingerprint density at radius 1 is 1.22 bits per heavy atom. The maximum Gasteiger partial charge on any atom is 0.0234 e. The zero-order valence-electron chi connectivity index (χ0n) is 11.4. The summed E-state index contributed by atoms with van der Waals surface area (Å²) in [5.41, 5.74) is 4.69. The van der Waals surface area contributed by atoms with E-state index in [-0.39, 0.29) is 0 Å². The van der Waals surface area contributed by atoms with Gasteiger partial charge in [-0.3, -0.25) is 4.90 Å². The van der Waals surface area contributed by atoms with Crippen molar-refractivity contribution in [1.29, 1.82) is 0 Å². The van der Waals surface area contributed by atoms with Crippen molar-refractivity contribution >= 4 is 0 Å². The smallest absolute Gasteiger partial charge is 0.0234 e. The Bertz CT molecular complexity index is 408. The van der Waals surface area contributed by atoms with Gasteiger partial charge in [0, 0.05) is 19.1 Å². The molecule has 2 aliphatic rings. The number of hydrogen-bond donors (Lipinski definition) is 1. The number of aryl methyl sites for hydroxylation is 2. The molecule has 0 spiro atoms. The Hall–Kier alpha value is -0.860. The van der Waals surface area contributed by atoms with Gasteiger partial charge >= 0.3 is 0 Å². The van der Waals surface area contributed by atoms with E-state index in [1.54, 1.807) is 11.1 Å². The second-order valence-electron chi connectivity index (χ2n) is 5.87. The van der Waals surface area contributed by atoms with E-state index in [0.29, 0.717) is 0 Å². The van der Waals surface area contributed by atoms with E-state index in [9.17, 15) is 0 Å². The van der Waals surface area contributed by atoms with Crippen LogP contribution in [-0.2, 0) is 19.4 Å². The standard InChI is InChI=1S/C16H24N2/c1-18(16-8-9-17-11-16)12-13-6-7-14-4-2-3-5-15(14)10-13/h6-7,10,16-17H,2-5,8-9,11-12H2,1H3. The third kappa shape index (κ3) is 2.60. The molecule has 98 valence electrons. The van der Waals surface area contributed by atoms with E-state index in [1.807, 2.05) is 0 Å². The van der Waals surface area contributed by atoms with E-state index in [2.05, 4.69) is 35.5 Å². The Kier molecular flexibility index (Phi) is 3.67. The zero-order chi connectivity index (χ0) is 12.4. The summed E-state index contributed by atoms with van der Waals surface area (Å²) < 4.78 is 0. The molecule has 0 saturated carbocycles. The summed E-state index contributed by atoms with van der Waals surface area (Å²) in [6.45, 7) is 3.43. The summed E-state index contributed by atoms with van der Waals surface area (Å²) in [7, 11) is 2.26. The summed E-state index contributed by atoms with van der Waals surface area (Å²) in [6.07, 6.45) is 6.62. The van der Waals surface area contributed by atoms with Crippen LogP contribution in [0.3, 0.4) is 0 Å². The van der Waals surface area contributed by atoms with E-state index in [1.165, 1.54) is 44.2 Å². The molecule has 2 heteroatoms. The minimum atomic E-state index is 0.723. The van der Waals surface area contributed by atoms with Crippen molar-refractivity contribution in [1.82, 2.24) is 10.2 Å². The summed E-state index contributed by atoms with van der Waals surface area (Å²) in [5.74, 6) is 0. The molecule has 0 radical (unpaired) electrons. The molecule has 1 unspecified atom stereocenters. The van der Waals surface area contributed by atoms with Gasteiger partial charge in [0.15, 0.2) is 0 Å². The van der Waals surface area contributed by atoms with Gasteiger partial charge in [-0.2, -0.15) is 0 Å². The van der Waals surface area contributed by atoms with Gasteiger partial charge in [-0.25, -0.2) is 0 Å². The van der Waals surface area contributed by atoms with Crippen LogP contribution in [-0.4, -0.2) is 31.1 Å². The summed E-state index contributed by atoms with van der Waals surface area (Å²) in [6, 6.07) is 7.88. The molecule has 1 aromatic carbocycles. The lowest BCUT2D eigenvalue weighted by atomic mass is 9.90. The molecule has 0 aromatic heterocycles. The molecule has 1 aliphatic heterocycles. The first-order valence-corrected chi connectivity index (χ1v) is 7.34. The molecular formula is C16H24N2. The second-order valence-corrected chi connectivity index (χ2v) is 5.87. The predicted octanol–water partition coefficient (Wildman–Crippen LogP) is 2.36. The fourth-order valence-corrected chi connectivity index (χ4v) is 3.32. The van der Waals surface area contributed by atoms with Gasteiger partial charge < -0.3 is 5.32 Å². The van der Waals surface area contributed by atoms with Crippen molar-refractivity contribution in [3.63, 3.8) is 0 Å². The summed E-state index contributed by atoms with van der Waals surface area (Å²) >= 11 is 0. The quantitative estimate of drug-likeness (QED) is 0.878. The van der Waals surface area contributed by atoms with Gasteiger partial charge in [0.2, 0.25) is 0 Å². The number of fused-ring (bicyclic) bond motifs is 1. The van der Waals surface area contributed by atoms with E-state index in [4.69, 9.17) is 0 Å². The van der Waals surface area contributed by atoms with E-state index >= 15 is 0 Å². The van der Waals surface area contributed by atoms with Gasteiger partial charge in [0.05, 0.1) is 0 Å². The van der Waals surface area contributed by atoms with Crippen molar-refractivity contribution in [2.24, 2.45) is 0 Å². The molecule has 1 heterocycles. The van der Waals surface area contributed by atoms with Gasteiger partial charge in [-0.15, -0.1) is 0 Å². The molecule has 0 bridgehead atoms. The minimum absolute atomic E-state index is 0.723. The SMILES string of the molecule is CN(Cc1ccc2c(c1)CCCC2)C1CCNC1. The second kappa shape index (κ2) is 5.41. The van der Waals surface area contributed by atoms with Crippen LogP contribution in [0.2, 0.25) is 0 Å². The molecule has 0 amide bonds. The van der Waals surface area contributed by atoms with E-state index < -0.39 is 0 Å². The molecule has 3 rings (SSSR count). The molecule has 1 aromatic rings. The highest BCUT2D eigenvalue weighted by molar-refractivity contribution is 5.33. The lowest BCUT2D eigenvalue weighted by Gasteiger charge is -2.24. The van der Waals surface area contributed by atoms with Gasteiger partial charge in [-0.1, -0.05) is 18.2 Å². The number of benzene rings is 1. The minimum Gasteiger partial charge on any atom is -0.315 e. The van der Waals surface area contributed by atoms with Crippen LogP contribution in [0.1, 0.15) is 36.0 Å². The third-order valence-corrected chi connectivity index (χ3v) is 4.50. The maximum absolute atomic E-state index is 3.45. The lowest BCUT2D eigenvalue weighted by molar-refractivity contribution is 0.249. The molecule has 1 atom stereocenters. The van der Waals surface area contributed by atoms with Crippen LogP contribution in [0.4, 0.5) is 0 Å². The number of hydrogen-bond acceptors (Lipinski definition) is 2. The highest BCUT2D eigenvalue weighted by atomic mass is 15.2. The highest BCUT2D eigenvalue weighted by Gasteiger charge is 2.19. The van der Waals surface area contributed by atoms with Crippen molar-refractivity contribution in [2.45, 2.75) is 44.7 Å². The maximum atomic E-state index is 3.45. The molecule has 1 fully saturated rings. The van der Waals surface area contributed by atoms with Gasteiger partial charge in [0.1, 0.15) is 0 Å². The molecule has 1 saturated heterocycles. The Labute approximate surface area is 110 Å². The van der Waals surface area contributed by atoms with Crippen molar-refractivity contribution in [3.8, 4) is 0 Å². The first-order chi connectivity index (χ1) is 8.83. The van der Waals surface area contributed by atoms with Gasteiger partial charge in [-0.05, 0) is 62.4 Å².